The van der Waals surface area contributed by atoms with Gasteiger partial charge in [-0.05, 0) is 74.0 Å². The average Bonchev–Trinajstić information content (AvgIpc) is 3.29. The number of aryl methyl sites for hydroxylation is 2. The van der Waals surface area contributed by atoms with Gasteiger partial charge in [-0.3, -0.25) is 9.59 Å². The zero-order valence-electron chi connectivity index (χ0n) is 22.1. The van der Waals surface area contributed by atoms with Gasteiger partial charge in [-0.15, -0.1) is 11.3 Å². The number of fused-ring (bicyclic) bond motifs is 1. The highest BCUT2D eigenvalue weighted by molar-refractivity contribution is 7.21. The number of nitrogens with one attached hydrogen (secondary N) is 2. The quantitative estimate of drug-likeness (QED) is 0.0905. The molecule has 0 fully saturated rings. The van der Waals surface area contributed by atoms with Crippen molar-refractivity contribution in [3.8, 4) is 5.75 Å². The second kappa shape index (κ2) is 12.2. The summed E-state index contributed by atoms with van der Waals surface area (Å²) in [5.41, 5.74) is 6.32. The number of anilines is 1. The minimum Gasteiger partial charge on any atom is -0.422 e. The summed E-state index contributed by atoms with van der Waals surface area (Å²) in [6, 6.07) is 26.3. The van der Waals surface area contributed by atoms with Crippen LogP contribution in [0.15, 0.2) is 96.1 Å². The van der Waals surface area contributed by atoms with E-state index in [0.717, 1.165) is 21.2 Å². The first kappa shape index (κ1) is 27.8. The van der Waals surface area contributed by atoms with Crippen molar-refractivity contribution < 1.29 is 19.1 Å². The average molecular weight is 582 g/mol. The summed E-state index contributed by atoms with van der Waals surface area (Å²) in [4.78, 5) is 38.5. The van der Waals surface area contributed by atoms with Gasteiger partial charge in [-0.2, -0.15) is 5.10 Å². The third kappa shape index (κ3) is 6.51. The van der Waals surface area contributed by atoms with Crippen molar-refractivity contribution in [2.24, 2.45) is 5.10 Å². The smallest absolute Gasteiger partial charge is 0.343 e. The highest BCUT2D eigenvalue weighted by Crippen LogP contribution is 2.36. The molecular weight excluding hydrogens is 558 g/mol. The SMILES string of the molecule is Cc1cccc(C(=O)Oc2ccccc2/C=N\NC(=O)c2ccc(NC(=O)c3sc4cc(C)ccc4c3Cl)cc2)c1. The lowest BCUT2D eigenvalue weighted by atomic mass is 10.1. The molecule has 2 amide bonds. The van der Waals surface area contributed by atoms with E-state index in [-0.39, 0.29) is 5.91 Å². The first-order valence-electron chi connectivity index (χ1n) is 12.6. The zero-order chi connectivity index (χ0) is 28.9. The molecule has 41 heavy (non-hydrogen) atoms. The number of hydrogen-bond donors (Lipinski definition) is 2. The standard InChI is InChI=1S/C32H24ClN3O4S/c1-19-6-5-8-22(16-19)32(39)40-26-9-4-3-7-23(26)18-34-36-30(37)21-11-13-24(14-12-21)35-31(38)29-28(33)25-15-10-20(2)17-27(25)41-29/h3-18H,1-2H3,(H,35,38)(H,36,37)/b34-18-. The summed E-state index contributed by atoms with van der Waals surface area (Å²) in [5.74, 6) is -0.949. The van der Waals surface area contributed by atoms with Crippen LogP contribution in [0.2, 0.25) is 5.02 Å². The Morgan fingerprint density at radius 3 is 2.37 bits per heavy atom. The molecule has 7 nitrogen and oxygen atoms in total. The fourth-order valence-electron chi connectivity index (χ4n) is 4.05. The number of rotatable bonds is 7. The molecule has 4 aromatic carbocycles. The molecule has 0 aliphatic carbocycles. The van der Waals surface area contributed by atoms with Gasteiger partial charge in [0.2, 0.25) is 0 Å². The number of ether oxygens (including phenoxy) is 1. The highest BCUT2D eigenvalue weighted by Gasteiger charge is 2.18. The summed E-state index contributed by atoms with van der Waals surface area (Å²) < 4.78 is 6.49. The molecule has 0 atom stereocenters. The Hall–Kier alpha value is -4.79. The lowest BCUT2D eigenvalue weighted by Crippen LogP contribution is -2.18. The van der Waals surface area contributed by atoms with Gasteiger partial charge in [0.15, 0.2) is 0 Å². The van der Waals surface area contributed by atoms with Crippen LogP contribution in [0.3, 0.4) is 0 Å². The number of esters is 1. The number of carbonyl (C=O) groups excluding carboxylic acids is 3. The molecule has 0 aliphatic rings. The van der Waals surface area contributed by atoms with Crippen molar-refractivity contribution >= 4 is 62.7 Å². The van der Waals surface area contributed by atoms with E-state index in [1.807, 2.05) is 38.1 Å². The van der Waals surface area contributed by atoms with E-state index < -0.39 is 11.9 Å². The van der Waals surface area contributed by atoms with Crippen molar-refractivity contribution in [3.63, 3.8) is 0 Å². The van der Waals surface area contributed by atoms with Crippen molar-refractivity contribution in [1.29, 1.82) is 0 Å². The van der Waals surface area contributed by atoms with Gasteiger partial charge in [0.05, 0.1) is 16.8 Å². The molecule has 0 aliphatic heterocycles. The second-order valence-electron chi connectivity index (χ2n) is 9.27. The van der Waals surface area contributed by atoms with Gasteiger partial charge in [-0.25, -0.2) is 10.2 Å². The number of para-hydroxylation sites is 1. The summed E-state index contributed by atoms with van der Waals surface area (Å²) >= 11 is 7.79. The van der Waals surface area contributed by atoms with Crippen LogP contribution in [0.5, 0.6) is 5.75 Å². The Labute approximate surface area is 245 Å². The third-order valence-electron chi connectivity index (χ3n) is 6.14. The minimum atomic E-state index is -0.490. The predicted molar refractivity (Wildman–Crippen MR) is 164 cm³/mol. The van der Waals surface area contributed by atoms with Crippen LogP contribution in [0.25, 0.3) is 10.1 Å². The first-order chi connectivity index (χ1) is 19.8. The lowest BCUT2D eigenvalue weighted by molar-refractivity contribution is 0.0733. The summed E-state index contributed by atoms with van der Waals surface area (Å²) in [7, 11) is 0. The summed E-state index contributed by atoms with van der Waals surface area (Å²) in [6.45, 7) is 3.88. The molecule has 0 spiro atoms. The molecule has 9 heteroatoms. The van der Waals surface area contributed by atoms with Crippen molar-refractivity contribution in [2.45, 2.75) is 13.8 Å². The number of benzene rings is 4. The molecule has 2 N–H and O–H groups in total. The third-order valence-corrected chi connectivity index (χ3v) is 7.80. The molecule has 5 rings (SSSR count). The molecule has 0 bridgehead atoms. The number of hydrogen-bond acceptors (Lipinski definition) is 6. The first-order valence-corrected chi connectivity index (χ1v) is 13.8. The normalized spacial score (nSPS) is 11.0. The Bertz CT molecular complexity index is 1810. The van der Waals surface area contributed by atoms with Crippen molar-refractivity contribution in [1.82, 2.24) is 5.43 Å². The number of hydrazone groups is 1. The fourth-order valence-corrected chi connectivity index (χ4v) is 5.56. The van der Waals surface area contributed by atoms with E-state index in [1.165, 1.54) is 17.6 Å². The van der Waals surface area contributed by atoms with Crippen molar-refractivity contribution in [3.05, 3.63) is 129 Å². The van der Waals surface area contributed by atoms with Crippen LogP contribution in [0, 0.1) is 13.8 Å². The van der Waals surface area contributed by atoms with Gasteiger partial charge in [0.25, 0.3) is 11.8 Å². The number of amides is 2. The van der Waals surface area contributed by atoms with Gasteiger partial charge in [-0.1, -0.05) is 53.6 Å². The van der Waals surface area contributed by atoms with Crippen LogP contribution in [-0.4, -0.2) is 24.0 Å². The van der Waals surface area contributed by atoms with Crippen LogP contribution >= 0.6 is 22.9 Å². The van der Waals surface area contributed by atoms with Gasteiger partial charge in [0, 0.05) is 26.9 Å². The Morgan fingerprint density at radius 2 is 1.59 bits per heavy atom. The Balaban J connectivity index is 1.20. The van der Waals surface area contributed by atoms with E-state index >= 15 is 0 Å². The van der Waals surface area contributed by atoms with E-state index in [9.17, 15) is 14.4 Å². The van der Waals surface area contributed by atoms with Crippen LogP contribution < -0.4 is 15.5 Å². The molecule has 1 aromatic heterocycles. The van der Waals surface area contributed by atoms with E-state index in [4.69, 9.17) is 16.3 Å². The topological polar surface area (TPSA) is 96.9 Å². The van der Waals surface area contributed by atoms with Crippen LogP contribution in [0.4, 0.5) is 5.69 Å². The highest BCUT2D eigenvalue weighted by atomic mass is 35.5. The largest absolute Gasteiger partial charge is 0.422 e. The van der Waals surface area contributed by atoms with Gasteiger partial charge >= 0.3 is 5.97 Å². The van der Waals surface area contributed by atoms with Gasteiger partial charge < -0.3 is 10.1 Å². The van der Waals surface area contributed by atoms with Gasteiger partial charge in [0.1, 0.15) is 10.6 Å². The molecule has 204 valence electrons. The number of halogens is 1. The van der Waals surface area contributed by atoms with E-state index in [2.05, 4.69) is 15.8 Å². The molecule has 0 unspecified atom stereocenters. The minimum absolute atomic E-state index is 0.311. The molecule has 5 aromatic rings. The van der Waals surface area contributed by atoms with Crippen LogP contribution in [-0.2, 0) is 0 Å². The van der Waals surface area contributed by atoms with E-state index in [0.29, 0.717) is 38.0 Å². The Morgan fingerprint density at radius 1 is 0.829 bits per heavy atom. The van der Waals surface area contributed by atoms with Crippen molar-refractivity contribution in [2.75, 3.05) is 5.32 Å². The Kier molecular flexibility index (Phi) is 8.24. The van der Waals surface area contributed by atoms with E-state index in [1.54, 1.807) is 66.7 Å². The number of nitrogens with zero attached hydrogens (tertiary/aromatic N) is 1. The molecular formula is C32H24ClN3O4S. The fraction of sp³-hybridized carbons (Fsp3) is 0.0625. The zero-order valence-corrected chi connectivity index (χ0v) is 23.7. The number of carbonyl (C=O) groups is 3. The maximum absolute atomic E-state index is 12.9. The maximum Gasteiger partial charge on any atom is 0.343 e. The molecule has 0 saturated heterocycles. The summed E-state index contributed by atoms with van der Waals surface area (Å²) in [5, 5.41) is 8.11. The summed E-state index contributed by atoms with van der Waals surface area (Å²) in [6.07, 6.45) is 1.40. The maximum atomic E-state index is 12.9. The lowest BCUT2D eigenvalue weighted by Gasteiger charge is -2.08. The molecule has 1 heterocycles. The number of thiophene rings is 1. The molecule has 0 saturated carbocycles. The molecule has 0 radical (unpaired) electrons. The second-order valence-corrected chi connectivity index (χ2v) is 10.7. The predicted octanol–water partition coefficient (Wildman–Crippen LogP) is 7.41. The van der Waals surface area contributed by atoms with Crippen LogP contribution in [0.1, 0.15) is 47.1 Å². The monoisotopic (exact) mass is 581 g/mol.